The van der Waals surface area contributed by atoms with Crippen LogP contribution in [0, 0.1) is 0 Å². The van der Waals surface area contributed by atoms with Crippen LogP contribution in [0.3, 0.4) is 0 Å². The SMILES string of the molecule is O=C1OCCN1Cc1nc(C2CC2)nn1-c1cccc2cccnc12. The molecule has 2 aromatic heterocycles. The van der Waals surface area contributed by atoms with Gasteiger partial charge in [-0.3, -0.25) is 9.88 Å². The highest BCUT2D eigenvalue weighted by Crippen LogP contribution is 2.38. The van der Waals surface area contributed by atoms with E-state index >= 15 is 0 Å². The predicted octanol–water partition coefficient (Wildman–Crippen LogP) is 2.65. The van der Waals surface area contributed by atoms with E-state index in [0.717, 1.165) is 41.1 Å². The number of rotatable bonds is 4. The monoisotopic (exact) mass is 335 g/mol. The number of hydrogen-bond acceptors (Lipinski definition) is 5. The number of carbonyl (C=O) groups excluding carboxylic acids is 1. The first-order chi connectivity index (χ1) is 12.3. The summed E-state index contributed by atoms with van der Waals surface area (Å²) < 4.78 is 6.88. The summed E-state index contributed by atoms with van der Waals surface area (Å²) in [6.45, 7) is 1.40. The Labute approximate surface area is 144 Å². The second kappa shape index (κ2) is 5.54. The number of pyridine rings is 1. The number of aromatic nitrogens is 4. The molecule has 7 nitrogen and oxygen atoms in total. The highest BCUT2D eigenvalue weighted by molar-refractivity contribution is 5.86. The Balaban J connectivity index is 1.62. The average Bonchev–Trinajstić information content (AvgIpc) is 3.30. The number of nitrogens with zero attached hydrogens (tertiary/aromatic N) is 5. The lowest BCUT2D eigenvalue weighted by atomic mass is 10.2. The number of amides is 1. The van der Waals surface area contributed by atoms with Crippen LogP contribution in [0.1, 0.15) is 30.4 Å². The molecule has 5 rings (SSSR count). The zero-order valence-electron chi connectivity index (χ0n) is 13.6. The standard InChI is InChI=1S/C18H17N5O2/c24-18-22(9-10-25-18)11-15-20-17(13-6-7-13)21-23(15)14-5-1-3-12-4-2-8-19-16(12)14/h1-5,8,13H,6-7,9-11H2. The summed E-state index contributed by atoms with van der Waals surface area (Å²) in [7, 11) is 0. The first kappa shape index (κ1) is 14.4. The Bertz CT molecular complexity index is 958. The minimum absolute atomic E-state index is 0.293. The molecular formula is C18H17N5O2. The molecule has 0 N–H and O–H groups in total. The van der Waals surface area contributed by atoms with Gasteiger partial charge in [0.25, 0.3) is 0 Å². The van der Waals surface area contributed by atoms with Gasteiger partial charge in [0.1, 0.15) is 6.61 Å². The maximum atomic E-state index is 11.8. The van der Waals surface area contributed by atoms with Crippen LogP contribution in [0.5, 0.6) is 0 Å². The Morgan fingerprint density at radius 1 is 1.20 bits per heavy atom. The third-order valence-corrected chi connectivity index (χ3v) is 4.65. The van der Waals surface area contributed by atoms with Gasteiger partial charge in [-0.25, -0.2) is 14.5 Å². The van der Waals surface area contributed by atoms with Crippen molar-refractivity contribution >= 4 is 17.0 Å². The van der Waals surface area contributed by atoms with E-state index in [1.54, 1.807) is 11.1 Å². The van der Waals surface area contributed by atoms with Crippen molar-refractivity contribution in [3.63, 3.8) is 0 Å². The van der Waals surface area contributed by atoms with E-state index < -0.39 is 0 Å². The van der Waals surface area contributed by atoms with E-state index in [-0.39, 0.29) is 6.09 Å². The first-order valence-electron chi connectivity index (χ1n) is 8.51. The van der Waals surface area contributed by atoms with E-state index in [1.807, 2.05) is 35.0 Å². The summed E-state index contributed by atoms with van der Waals surface area (Å²) in [6.07, 6.45) is 3.74. The molecule has 2 aliphatic rings. The van der Waals surface area contributed by atoms with Gasteiger partial charge in [0.05, 0.1) is 24.3 Å². The van der Waals surface area contributed by atoms with Crippen molar-refractivity contribution in [1.29, 1.82) is 0 Å². The minimum atomic E-state index is -0.293. The van der Waals surface area contributed by atoms with E-state index in [2.05, 4.69) is 4.98 Å². The average molecular weight is 335 g/mol. The Hall–Kier alpha value is -2.96. The van der Waals surface area contributed by atoms with Crippen molar-refractivity contribution in [2.45, 2.75) is 25.3 Å². The summed E-state index contributed by atoms with van der Waals surface area (Å²) in [5.74, 6) is 2.04. The maximum Gasteiger partial charge on any atom is 0.410 e. The van der Waals surface area contributed by atoms with Crippen LogP contribution in [0.25, 0.3) is 16.6 Å². The van der Waals surface area contributed by atoms with Gasteiger partial charge in [-0.2, -0.15) is 5.10 Å². The molecule has 0 radical (unpaired) electrons. The van der Waals surface area contributed by atoms with E-state index in [4.69, 9.17) is 14.8 Å². The molecule has 0 bridgehead atoms. The molecule has 126 valence electrons. The van der Waals surface area contributed by atoms with Gasteiger partial charge < -0.3 is 4.74 Å². The fourth-order valence-corrected chi connectivity index (χ4v) is 3.17. The summed E-state index contributed by atoms with van der Waals surface area (Å²) in [6, 6.07) is 9.96. The minimum Gasteiger partial charge on any atom is -0.448 e. The molecule has 0 spiro atoms. The van der Waals surface area contributed by atoms with Crippen LogP contribution in [0.4, 0.5) is 4.79 Å². The van der Waals surface area contributed by atoms with Gasteiger partial charge in [-0.1, -0.05) is 18.2 Å². The fourth-order valence-electron chi connectivity index (χ4n) is 3.17. The van der Waals surface area contributed by atoms with Crippen molar-refractivity contribution in [1.82, 2.24) is 24.6 Å². The van der Waals surface area contributed by atoms with E-state index in [0.29, 0.717) is 25.6 Å². The van der Waals surface area contributed by atoms with Gasteiger partial charge in [0.15, 0.2) is 11.6 Å². The van der Waals surface area contributed by atoms with Crippen LogP contribution in [-0.4, -0.2) is 43.9 Å². The third-order valence-electron chi connectivity index (χ3n) is 4.65. The lowest BCUT2D eigenvalue weighted by Gasteiger charge is -2.13. The Morgan fingerprint density at radius 2 is 2.08 bits per heavy atom. The summed E-state index contributed by atoms with van der Waals surface area (Å²) in [5.41, 5.74) is 1.77. The van der Waals surface area contributed by atoms with Crippen molar-refractivity contribution in [2.75, 3.05) is 13.2 Å². The molecule has 3 aromatic rings. The van der Waals surface area contributed by atoms with E-state index in [9.17, 15) is 4.79 Å². The number of carbonyl (C=O) groups is 1. The van der Waals surface area contributed by atoms with Crippen molar-refractivity contribution in [3.05, 3.63) is 48.2 Å². The van der Waals surface area contributed by atoms with Gasteiger partial charge in [0, 0.05) is 17.5 Å². The number of hydrogen-bond donors (Lipinski definition) is 0. The molecule has 2 fully saturated rings. The number of ether oxygens (including phenoxy) is 1. The smallest absolute Gasteiger partial charge is 0.410 e. The van der Waals surface area contributed by atoms with Gasteiger partial charge in [-0.05, 0) is 25.0 Å². The first-order valence-corrected chi connectivity index (χ1v) is 8.51. The number of benzene rings is 1. The summed E-state index contributed by atoms with van der Waals surface area (Å²) in [4.78, 5) is 22.7. The Morgan fingerprint density at radius 3 is 2.88 bits per heavy atom. The molecule has 1 aliphatic heterocycles. The second-order valence-electron chi connectivity index (χ2n) is 6.46. The van der Waals surface area contributed by atoms with Crippen molar-refractivity contribution < 1.29 is 9.53 Å². The summed E-state index contributed by atoms with van der Waals surface area (Å²) >= 11 is 0. The van der Waals surface area contributed by atoms with Crippen molar-refractivity contribution in [2.24, 2.45) is 0 Å². The molecule has 0 atom stereocenters. The molecule has 1 saturated heterocycles. The molecule has 0 unspecified atom stereocenters. The number of cyclic esters (lactones) is 1. The zero-order valence-corrected chi connectivity index (χ0v) is 13.6. The second-order valence-corrected chi connectivity index (χ2v) is 6.46. The van der Waals surface area contributed by atoms with Gasteiger partial charge in [-0.15, -0.1) is 0 Å². The highest BCUT2D eigenvalue weighted by Gasteiger charge is 2.31. The molecule has 1 aliphatic carbocycles. The molecule has 1 amide bonds. The topological polar surface area (TPSA) is 73.1 Å². The highest BCUT2D eigenvalue weighted by atomic mass is 16.6. The fraction of sp³-hybridized carbons (Fsp3) is 0.333. The lowest BCUT2D eigenvalue weighted by Crippen LogP contribution is -2.25. The molecule has 7 heteroatoms. The normalized spacial score (nSPS) is 17.3. The maximum absolute atomic E-state index is 11.8. The van der Waals surface area contributed by atoms with E-state index in [1.165, 1.54) is 0 Å². The molecule has 1 aromatic carbocycles. The zero-order chi connectivity index (χ0) is 16.8. The van der Waals surface area contributed by atoms with Crippen LogP contribution < -0.4 is 0 Å². The van der Waals surface area contributed by atoms with Crippen LogP contribution in [-0.2, 0) is 11.3 Å². The van der Waals surface area contributed by atoms with Gasteiger partial charge in [0.2, 0.25) is 0 Å². The third kappa shape index (κ3) is 2.52. The molecule has 3 heterocycles. The predicted molar refractivity (Wildman–Crippen MR) is 90.4 cm³/mol. The number of fused-ring (bicyclic) bond motifs is 1. The van der Waals surface area contributed by atoms with Crippen LogP contribution >= 0.6 is 0 Å². The molecular weight excluding hydrogens is 318 g/mol. The van der Waals surface area contributed by atoms with Crippen LogP contribution in [0.2, 0.25) is 0 Å². The molecule has 25 heavy (non-hydrogen) atoms. The number of para-hydroxylation sites is 1. The summed E-state index contributed by atoms with van der Waals surface area (Å²) in [5, 5.41) is 5.80. The van der Waals surface area contributed by atoms with Crippen molar-refractivity contribution in [3.8, 4) is 5.69 Å². The quantitative estimate of drug-likeness (QED) is 0.733. The lowest BCUT2D eigenvalue weighted by molar-refractivity contribution is 0.156. The van der Waals surface area contributed by atoms with Crippen LogP contribution in [0.15, 0.2) is 36.5 Å². The molecule has 1 saturated carbocycles. The van der Waals surface area contributed by atoms with Gasteiger partial charge >= 0.3 is 6.09 Å². The Kier molecular flexibility index (Phi) is 3.19. The largest absolute Gasteiger partial charge is 0.448 e.